The Morgan fingerprint density at radius 2 is 0.508 bits per heavy atom. The highest BCUT2D eigenvalue weighted by Crippen LogP contribution is 2.41. The van der Waals surface area contributed by atoms with Crippen molar-refractivity contribution in [3.05, 3.63) is 237 Å². The first-order chi connectivity index (χ1) is 32.2. The Bertz CT molecular complexity index is 3980. The molecule has 3 heterocycles. The Morgan fingerprint density at radius 1 is 0.185 bits per heavy atom. The Balaban J connectivity index is 0.934. The summed E-state index contributed by atoms with van der Waals surface area (Å²) in [6, 6.07) is 87.2. The van der Waals surface area contributed by atoms with Crippen LogP contribution in [0.1, 0.15) is 0 Å². The SMILES string of the molecule is c1ccc(-n2c3ccc(-c4ccc5c(c4)c4ccccc4n5-c4ccc5ccccc5c4)cc3c3cc(-c4ccc5c(c4)c4ccccc4n5-c4ccc5ccccc5c4)ccc32)cc1. The molecule has 0 radical (unpaired) electrons. The van der Waals surface area contributed by atoms with Gasteiger partial charge >= 0.3 is 0 Å². The molecule has 0 aliphatic heterocycles. The van der Waals surface area contributed by atoms with E-state index in [4.69, 9.17) is 0 Å². The summed E-state index contributed by atoms with van der Waals surface area (Å²) in [7, 11) is 0. The predicted octanol–water partition coefficient (Wildman–Crippen LogP) is 16.6. The molecule has 3 heteroatoms. The van der Waals surface area contributed by atoms with Gasteiger partial charge in [-0.05, 0) is 141 Å². The summed E-state index contributed by atoms with van der Waals surface area (Å²) in [4.78, 5) is 0. The lowest BCUT2D eigenvalue weighted by atomic mass is 9.98. The van der Waals surface area contributed by atoms with Crippen molar-refractivity contribution in [2.75, 3.05) is 0 Å². The number of aromatic nitrogens is 3. The third kappa shape index (κ3) is 5.49. The molecular weight excluding hydrogens is 787 g/mol. The minimum Gasteiger partial charge on any atom is -0.309 e. The summed E-state index contributed by atoms with van der Waals surface area (Å²) in [5.74, 6) is 0. The van der Waals surface area contributed by atoms with Gasteiger partial charge in [-0.1, -0.05) is 140 Å². The molecule has 0 saturated heterocycles. The number of para-hydroxylation sites is 3. The highest BCUT2D eigenvalue weighted by Gasteiger charge is 2.19. The van der Waals surface area contributed by atoms with Crippen molar-refractivity contribution in [3.8, 4) is 39.3 Å². The highest BCUT2D eigenvalue weighted by molar-refractivity contribution is 6.15. The van der Waals surface area contributed by atoms with Gasteiger partial charge in [0.1, 0.15) is 0 Å². The molecule has 3 nitrogen and oxygen atoms in total. The molecule has 0 spiro atoms. The molecule has 0 atom stereocenters. The molecule has 14 rings (SSSR count). The normalized spacial score (nSPS) is 12.0. The minimum atomic E-state index is 1.15. The summed E-state index contributed by atoms with van der Waals surface area (Å²) < 4.78 is 7.24. The Labute approximate surface area is 374 Å². The zero-order chi connectivity index (χ0) is 42.6. The van der Waals surface area contributed by atoms with Gasteiger partial charge in [0.05, 0.1) is 33.1 Å². The van der Waals surface area contributed by atoms with Crippen molar-refractivity contribution in [3.63, 3.8) is 0 Å². The van der Waals surface area contributed by atoms with Crippen LogP contribution in [0.25, 0.3) is 126 Å². The number of rotatable bonds is 5. The van der Waals surface area contributed by atoms with Crippen LogP contribution in [0.4, 0.5) is 0 Å². The zero-order valence-electron chi connectivity index (χ0n) is 35.4. The van der Waals surface area contributed by atoms with Gasteiger partial charge in [0.15, 0.2) is 0 Å². The number of hydrogen-bond donors (Lipinski definition) is 0. The molecule has 0 saturated carbocycles. The van der Waals surface area contributed by atoms with Crippen molar-refractivity contribution >= 4 is 87.0 Å². The van der Waals surface area contributed by atoms with E-state index in [1.54, 1.807) is 0 Å². The maximum absolute atomic E-state index is 2.42. The standard InChI is InChI=1S/C62H39N3/c1-2-16-48(17-3-1)63-61-32-26-46(44-24-30-59-53(36-44)51-18-8-10-20-57(51)64(59)49-28-22-40-12-4-6-14-42(40)34-49)38-55(61)56-39-47(27-33-62(56)63)45-25-31-60-54(37-45)52-19-9-11-21-58(52)65(60)50-29-23-41-13-5-7-15-43(41)35-50/h1-39H. The molecule has 3 aromatic heterocycles. The van der Waals surface area contributed by atoms with Crippen LogP contribution in [0.3, 0.4) is 0 Å². The van der Waals surface area contributed by atoms with Crippen LogP contribution >= 0.6 is 0 Å². The Kier molecular flexibility index (Phi) is 7.69. The van der Waals surface area contributed by atoms with Crippen LogP contribution in [0.15, 0.2) is 237 Å². The van der Waals surface area contributed by atoms with E-state index in [0.717, 1.165) is 5.69 Å². The predicted molar refractivity (Wildman–Crippen MR) is 275 cm³/mol. The fraction of sp³-hybridized carbons (Fsp3) is 0. The summed E-state index contributed by atoms with van der Waals surface area (Å²) in [5.41, 5.74) is 15.5. The van der Waals surface area contributed by atoms with Crippen LogP contribution in [0.2, 0.25) is 0 Å². The third-order valence-corrected chi connectivity index (χ3v) is 13.8. The van der Waals surface area contributed by atoms with Crippen molar-refractivity contribution in [1.29, 1.82) is 0 Å². The second kappa shape index (κ2) is 13.9. The van der Waals surface area contributed by atoms with E-state index in [0.29, 0.717) is 0 Å². The Hall–Kier alpha value is -8.66. The van der Waals surface area contributed by atoms with Crippen LogP contribution < -0.4 is 0 Å². The number of fused-ring (bicyclic) bond motifs is 11. The van der Waals surface area contributed by atoms with E-state index >= 15 is 0 Å². The number of nitrogens with zero attached hydrogens (tertiary/aromatic N) is 3. The summed E-state index contributed by atoms with van der Waals surface area (Å²) >= 11 is 0. The van der Waals surface area contributed by atoms with E-state index in [2.05, 4.69) is 250 Å². The lowest BCUT2D eigenvalue weighted by Gasteiger charge is -2.10. The van der Waals surface area contributed by atoms with Gasteiger partial charge in [-0.3, -0.25) is 0 Å². The topological polar surface area (TPSA) is 14.8 Å². The lowest BCUT2D eigenvalue weighted by molar-refractivity contribution is 1.18. The average molecular weight is 826 g/mol. The lowest BCUT2D eigenvalue weighted by Crippen LogP contribution is -1.94. The smallest absolute Gasteiger partial charge is 0.0541 e. The van der Waals surface area contributed by atoms with E-state index in [-0.39, 0.29) is 0 Å². The van der Waals surface area contributed by atoms with Gasteiger partial charge in [-0.2, -0.15) is 0 Å². The first-order valence-corrected chi connectivity index (χ1v) is 22.4. The van der Waals surface area contributed by atoms with E-state index in [1.807, 2.05) is 0 Å². The molecule has 0 unspecified atom stereocenters. The van der Waals surface area contributed by atoms with Gasteiger partial charge in [0, 0.05) is 49.4 Å². The zero-order valence-corrected chi connectivity index (χ0v) is 35.4. The molecule has 14 aromatic rings. The van der Waals surface area contributed by atoms with Crippen molar-refractivity contribution in [2.24, 2.45) is 0 Å². The Morgan fingerprint density at radius 3 is 0.938 bits per heavy atom. The molecule has 302 valence electrons. The molecule has 11 aromatic carbocycles. The van der Waals surface area contributed by atoms with E-state index < -0.39 is 0 Å². The van der Waals surface area contributed by atoms with E-state index in [1.165, 1.54) is 121 Å². The molecule has 0 fully saturated rings. The highest BCUT2D eigenvalue weighted by atomic mass is 15.0. The average Bonchev–Trinajstić information content (AvgIpc) is 4.01. The molecule has 0 bridgehead atoms. The fourth-order valence-electron chi connectivity index (χ4n) is 10.7. The first kappa shape index (κ1) is 35.9. The van der Waals surface area contributed by atoms with Crippen LogP contribution in [-0.4, -0.2) is 13.7 Å². The van der Waals surface area contributed by atoms with Crippen LogP contribution in [0, 0.1) is 0 Å². The van der Waals surface area contributed by atoms with Crippen molar-refractivity contribution < 1.29 is 0 Å². The molecule has 0 aliphatic rings. The van der Waals surface area contributed by atoms with Gasteiger partial charge in [0.25, 0.3) is 0 Å². The van der Waals surface area contributed by atoms with Crippen LogP contribution in [0.5, 0.6) is 0 Å². The molecule has 65 heavy (non-hydrogen) atoms. The maximum Gasteiger partial charge on any atom is 0.0541 e. The summed E-state index contributed by atoms with van der Waals surface area (Å²) in [5, 5.41) is 12.4. The van der Waals surface area contributed by atoms with Gasteiger partial charge in [-0.15, -0.1) is 0 Å². The fourth-order valence-corrected chi connectivity index (χ4v) is 10.7. The second-order valence-corrected chi connectivity index (χ2v) is 17.4. The molecule has 0 amide bonds. The molecule has 0 N–H and O–H groups in total. The van der Waals surface area contributed by atoms with Crippen molar-refractivity contribution in [1.82, 2.24) is 13.7 Å². The summed E-state index contributed by atoms with van der Waals surface area (Å²) in [6.45, 7) is 0. The maximum atomic E-state index is 2.42. The number of hydrogen-bond acceptors (Lipinski definition) is 0. The molecule has 0 aliphatic carbocycles. The van der Waals surface area contributed by atoms with Crippen LogP contribution in [-0.2, 0) is 0 Å². The van der Waals surface area contributed by atoms with Gasteiger partial charge < -0.3 is 13.7 Å². The van der Waals surface area contributed by atoms with Crippen molar-refractivity contribution in [2.45, 2.75) is 0 Å². The quantitative estimate of drug-likeness (QED) is 0.164. The second-order valence-electron chi connectivity index (χ2n) is 17.4. The number of benzene rings is 11. The monoisotopic (exact) mass is 825 g/mol. The minimum absolute atomic E-state index is 1.15. The molecular formula is C62H39N3. The van der Waals surface area contributed by atoms with Gasteiger partial charge in [0.2, 0.25) is 0 Å². The van der Waals surface area contributed by atoms with Gasteiger partial charge in [-0.25, -0.2) is 0 Å². The first-order valence-electron chi connectivity index (χ1n) is 22.4. The third-order valence-electron chi connectivity index (χ3n) is 13.8. The largest absolute Gasteiger partial charge is 0.309 e. The van der Waals surface area contributed by atoms with E-state index in [9.17, 15) is 0 Å². The summed E-state index contributed by atoms with van der Waals surface area (Å²) in [6.07, 6.45) is 0.